The molecule has 0 unspecified atom stereocenters. The molecule has 1 aliphatic rings. The van der Waals surface area contributed by atoms with Gasteiger partial charge in [-0.25, -0.2) is 0 Å². The number of methoxy groups -OCH3 is 1. The first-order valence-electron chi connectivity index (χ1n) is 8.89. The van der Waals surface area contributed by atoms with Crippen LogP contribution in [0.1, 0.15) is 35.6 Å². The van der Waals surface area contributed by atoms with Crippen molar-refractivity contribution in [2.24, 2.45) is 0 Å². The lowest BCUT2D eigenvalue weighted by molar-refractivity contribution is -0.115. The van der Waals surface area contributed by atoms with Gasteiger partial charge in [0.25, 0.3) is 0 Å². The van der Waals surface area contributed by atoms with Crippen LogP contribution in [-0.4, -0.2) is 24.5 Å². The quantitative estimate of drug-likeness (QED) is 0.836. The summed E-state index contributed by atoms with van der Waals surface area (Å²) in [6, 6.07) is 14.2. The molecule has 132 valence electrons. The summed E-state index contributed by atoms with van der Waals surface area (Å²) in [7, 11) is 1.68. The van der Waals surface area contributed by atoms with Crippen molar-refractivity contribution < 1.29 is 9.53 Å². The van der Waals surface area contributed by atoms with E-state index < -0.39 is 0 Å². The Labute approximate surface area is 149 Å². The van der Waals surface area contributed by atoms with Crippen LogP contribution in [-0.2, 0) is 35.6 Å². The van der Waals surface area contributed by atoms with Gasteiger partial charge in [0.2, 0.25) is 5.91 Å². The average molecular weight is 338 g/mol. The maximum Gasteiger partial charge on any atom is 0.228 e. The lowest BCUT2D eigenvalue weighted by Gasteiger charge is -2.13. The molecule has 0 saturated heterocycles. The molecule has 2 aromatic rings. The number of carbonyl (C=O) groups excluding carboxylic acids is 1. The van der Waals surface area contributed by atoms with Gasteiger partial charge >= 0.3 is 0 Å². The predicted molar refractivity (Wildman–Crippen MR) is 100 cm³/mol. The summed E-state index contributed by atoms with van der Waals surface area (Å²) in [6.45, 7) is 5.75. The van der Waals surface area contributed by atoms with Gasteiger partial charge in [0.1, 0.15) is 0 Å². The second-order valence-electron chi connectivity index (χ2n) is 6.63. The van der Waals surface area contributed by atoms with Gasteiger partial charge in [-0.15, -0.1) is 0 Å². The van der Waals surface area contributed by atoms with Gasteiger partial charge in [-0.05, 0) is 41.3 Å². The largest absolute Gasteiger partial charge is 0.380 e. The number of carbonyl (C=O) groups is 1. The monoisotopic (exact) mass is 338 g/mol. The number of rotatable bonds is 7. The number of fused-ring (bicyclic) bond motifs is 1. The van der Waals surface area contributed by atoms with Crippen LogP contribution in [0.25, 0.3) is 0 Å². The molecule has 25 heavy (non-hydrogen) atoms. The number of amides is 1. The van der Waals surface area contributed by atoms with Crippen molar-refractivity contribution in [1.82, 2.24) is 4.90 Å². The molecule has 1 N–H and O–H groups in total. The Bertz CT molecular complexity index is 742. The Morgan fingerprint density at radius 1 is 1.16 bits per heavy atom. The molecule has 0 saturated carbocycles. The van der Waals surface area contributed by atoms with Crippen molar-refractivity contribution >= 4 is 11.6 Å². The van der Waals surface area contributed by atoms with Crippen molar-refractivity contribution in [3.05, 3.63) is 64.7 Å². The molecule has 0 aromatic heterocycles. The molecule has 0 bridgehead atoms. The third-order valence-corrected chi connectivity index (χ3v) is 4.53. The lowest BCUT2D eigenvalue weighted by atomic mass is 10.1. The minimum atomic E-state index is 0.0249. The zero-order chi connectivity index (χ0) is 17.6. The standard InChI is InChI=1S/C21H26N2O2/c1-3-10-23-13-18-8-5-9-20(19(18)14-23)22-21(24)12-16-6-4-7-17(11-16)15-25-2/h4-9,11H,3,10,12-15H2,1-2H3,(H,22,24). The lowest BCUT2D eigenvalue weighted by Crippen LogP contribution is -2.18. The summed E-state index contributed by atoms with van der Waals surface area (Å²) in [5.41, 5.74) is 5.63. The maximum absolute atomic E-state index is 12.5. The molecule has 0 spiro atoms. The first kappa shape index (κ1) is 17.6. The second kappa shape index (κ2) is 8.28. The van der Waals surface area contributed by atoms with Crippen molar-refractivity contribution in [1.29, 1.82) is 0 Å². The van der Waals surface area contributed by atoms with E-state index in [-0.39, 0.29) is 5.91 Å². The van der Waals surface area contributed by atoms with Crippen LogP contribution in [0, 0.1) is 0 Å². The number of nitrogens with one attached hydrogen (secondary N) is 1. The predicted octanol–water partition coefficient (Wildman–Crippen LogP) is 3.74. The molecule has 1 heterocycles. The van der Waals surface area contributed by atoms with Gasteiger partial charge in [0.15, 0.2) is 0 Å². The highest BCUT2D eigenvalue weighted by Crippen LogP contribution is 2.29. The van der Waals surface area contributed by atoms with E-state index in [9.17, 15) is 4.79 Å². The highest BCUT2D eigenvalue weighted by molar-refractivity contribution is 5.93. The molecule has 0 atom stereocenters. The number of hydrogen-bond acceptors (Lipinski definition) is 3. The van der Waals surface area contributed by atoms with E-state index in [0.29, 0.717) is 13.0 Å². The van der Waals surface area contributed by atoms with Crippen LogP contribution < -0.4 is 5.32 Å². The van der Waals surface area contributed by atoms with E-state index in [0.717, 1.165) is 42.9 Å². The summed E-state index contributed by atoms with van der Waals surface area (Å²) in [6.07, 6.45) is 1.52. The van der Waals surface area contributed by atoms with Crippen LogP contribution in [0.3, 0.4) is 0 Å². The third kappa shape index (κ3) is 4.47. The highest BCUT2D eigenvalue weighted by Gasteiger charge is 2.21. The zero-order valence-corrected chi connectivity index (χ0v) is 15.0. The Hall–Kier alpha value is -2.17. The first-order chi connectivity index (χ1) is 12.2. The molecule has 2 aromatic carbocycles. The van der Waals surface area contributed by atoms with E-state index in [4.69, 9.17) is 4.74 Å². The van der Waals surface area contributed by atoms with E-state index >= 15 is 0 Å². The van der Waals surface area contributed by atoms with Crippen LogP contribution in [0.15, 0.2) is 42.5 Å². The minimum absolute atomic E-state index is 0.0249. The van der Waals surface area contributed by atoms with Crippen molar-refractivity contribution in [3.8, 4) is 0 Å². The van der Waals surface area contributed by atoms with E-state index in [1.54, 1.807) is 7.11 Å². The molecule has 4 nitrogen and oxygen atoms in total. The molecular weight excluding hydrogens is 312 g/mol. The Balaban J connectivity index is 1.67. The normalized spacial score (nSPS) is 13.7. The van der Waals surface area contributed by atoms with Crippen LogP contribution >= 0.6 is 0 Å². The van der Waals surface area contributed by atoms with Crippen LogP contribution in [0.5, 0.6) is 0 Å². The third-order valence-electron chi connectivity index (χ3n) is 4.53. The van der Waals surface area contributed by atoms with Crippen molar-refractivity contribution in [3.63, 3.8) is 0 Å². The van der Waals surface area contributed by atoms with Crippen molar-refractivity contribution in [2.75, 3.05) is 19.0 Å². The summed E-state index contributed by atoms with van der Waals surface area (Å²) in [4.78, 5) is 14.9. The molecule has 0 fully saturated rings. The molecule has 1 amide bonds. The zero-order valence-electron chi connectivity index (χ0n) is 15.0. The Kier molecular flexibility index (Phi) is 5.84. The number of benzene rings is 2. The van der Waals surface area contributed by atoms with Gasteiger partial charge < -0.3 is 10.1 Å². The van der Waals surface area contributed by atoms with Crippen LogP contribution in [0.4, 0.5) is 5.69 Å². The number of ether oxygens (including phenoxy) is 1. The molecular formula is C21H26N2O2. The Morgan fingerprint density at radius 3 is 2.76 bits per heavy atom. The minimum Gasteiger partial charge on any atom is -0.380 e. The number of anilines is 1. The molecule has 4 heteroatoms. The Morgan fingerprint density at radius 2 is 1.96 bits per heavy atom. The summed E-state index contributed by atoms with van der Waals surface area (Å²) in [5, 5.41) is 3.11. The highest BCUT2D eigenvalue weighted by atomic mass is 16.5. The van der Waals surface area contributed by atoms with Gasteiger partial charge in [0, 0.05) is 25.9 Å². The van der Waals surface area contributed by atoms with E-state index in [1.165, 1.54) is 11.1 Å². The maximum atomic E-state index is 12.5. The topological polar surface area (TPSA) is 41.6 Å². The smallest absolute Gasteiger partial charge is 0.228 e. The molecule has 0 radical (unpaired) electrons. The van der Waals surface area contributed by atoms with Gasteiger partial charge in [-0.3, -0.25) is 9.69 Å². The fourth-order valence-electron chi connectivity index (χ4n) is 3.46. The van der Waals surface area contributed by atoms with Crippen LogP contribution in [0.2, 0.25) is 0 Å². The van der Waals surface area contributed by atoms with Gasteiger partial charge in [-0.2, -0.15) is 0 Å². The molecule has 1 aliphatic heterocycles. The fourth-order valence-corrected chi connectivity index (χ4v) is 3.46. The summed E-state index contributed by atoms with van der Waals surface area (Å²) >= 11 is 0. The number of hydrogen-bond donors (Lipinski definition) is 1. The average Bonchev–Trinajstić information content (AvgIpc) is 2.99. The summed E-state index contributed by atoms with van der Waals surface area (Å²) in [5.74, 6) is 0.0249. The van der Waals surface area contributed by atoms with Gasteiger partial charge in [0.05, 0.1) is 13.0 Å². The van der Waals surface area contributed by atoms with Gasteiger partial charge in [-0.1, -0.05) is 43.3 Å². The first-order valence-corrected chi connectivity index (χ1v) is 8.89. The SMILES string of the molecule is CCCN1Cc2cccc(NC(=O)Cc3cccc(COC)c3)c2C1. The van der Waals surface area contributed by atoms with E-state index in [1.807, 2.05) is 36.4 Å². The van der Waals surface area contributed by atoms with E-state index in [2.05, 4.69) is 23.2 Å². The molecule has 0 aliphatic carbocycles. The summed E-state index contributed by atoms with van der Waals surface area (Å²) < 4.78 is 5.16. The molecule has 3 rings (SSSR count). The number of nitrogens with zero attached hydrogens (tertiary/aromatic N) is 1. The second-order valence-corrected chi connectivity index (χ2v) is 6.63. The van der Waals surface area contributed by atoms with Crippen molar-refractivity contribution in [2.45, 2.75) is 39.5 Å². The fraction of sp³-hybridized carbons (Fsp3) is 0.381.